The van der Waals surface area contributed by atoms with Crippen LogP contribution in [0, 0.1) is 5.92 Å². The topological polar surface area (TPSA) is 24.6 Å². The monoisotopic (exact) mass is 127 g/mol. The van der Waals surface area contributed by atoms with Crippen LogP contribution < -0.4 is 5.32 Å². The molecule has 0 aliphatic carbocycles. The number of ether oxygens (including phenoxy) is 1. The molecule has 2 aliphatic heterocycles. The lowest BCUT2D eigenvalue weighted by atomic mass is 10.0. The summed E-state index contributed by atoms with van der Waals surface area (Å²) in [7, 11) is 0. The number of hydrogen-bond donors (Lipinski definition) is 1. The lowest BCUT2D eigenvalue weighted by Crippen LogP contribution is -2.18. The normalized spacial score (nSPS) is 49.7. The van der Waals surface area contributed by atoms with E-state index in [4.69, 9.17) is 4.74 Å². The van der Waals surface area contributed by atoms with Crippen molar-refractivity contribution in [3.05, 3.63) is 0 Å². The Balaban J connectivity index is 1.92. The molecule has 0 spiro atoms. The lowest BCUT2D eigenvalue weighted by Gasteiger charge is -2.04. The summed E-state index contributed by atoms with van der Waals surface area (Å²) in [6.07, 6.45) is 3.56. The molecule has 0 saturated carbocycles. The molecule has 1 N–H and O–H groups in total. The third-order valence-electron chi connectivity index (χ3n) is 2.20. The van der Waals surface area contributed by atoms with Gasteiger partial charge in [0.2, 0.25) is 0 Å². The largest absolute Gasteiger partial charge is 0.353 e. The van der Waals surface area contributed by atoms with Crippen LogP contribution in [-0.2, 0) is 4.74 Å². The van der Waals surface area contributed by atoms with Crippen LogP contribution in [0.4, 0.5) is 0 Å². The van der Waals surface area contributed by atoms with Crippen LogP contribution >= 0.6 is 0 Å². The van der Waals surface area contributed by atoms with Gasteiger partial charge in [-0.15, -0.1) is 0 Å². The summed E-state index contributed by atoms with van der Waals surface area (Å²) in [6.45, 7) is 3.44. The zero-order valence-electron chi connectivity index (χ0n) is 5.76. The van der Waals surface area contributed by atoms with Crippen molar-refractivity contribution in [3.8, 4) is 0 Å². The van der Waals surface area contributed by atoms with E-state index in [2.05, 4.69) is 12.2 Å². The first-order chi connectivity index (χ1) is 4.36. The van der Waals surface area contributed by atoms with E-state index in [0.29, 0.717) is 12.3 Å². The Morgan fingerprint density at radius 2 is 2.44 bits per heavy atom. The Labute approximate surface area is 55.6 Å². The predicted molar refractivity (Wildman–Crippen MR) is 35.1 cm³/mol. The quantitative estimate of drug-likeness (QED) is 0.485. The van der Waals surface area contributed by atoms with Gasteiger partial charge < -0.3 is 4.74 Å². The predicted octanol–water partition coefficient (Wildman–Crippen LogP) is 0.731. The van der Waals surface area contributed by atoms with Gasteiger partial charge in [0.1, 0.15) is 6.23 Å². The van der Waals surface area contributed by atoms with Gasteiger partial charge in [-0.3, -0.25) is 5.32 Å². The van der Waals surface area contributed by atoms with Gasteiger partial charge in [-0.05, 0) is 25.3 Å². The summed E-state index contributed by atoms with van der Waals surface area (Å²) in [5.74, 6) is 0.856. The van der Waals surface area contributed by atoms with Crippen molar-refractivity contribution in [2.24, 2.45) is 5.92 Å². The van der Waals surface area contributed by atoms with Crippen LogP contribution in [0.1, 0.15) is 19.8 Å². The van der Waals surface area contributed by atoms with E-state index < -0.39 is 0 Å². The second-order valence-corrected chi connectivity index (χ2v) is 3.18. The van der Waals surface area contributed by atoms with Gasteiger partial charge in [0.15, 0.2) is 0 Å². The second-order valence-electron chi connectivity index (χ2n) is 3.18. The minimum atomic E-state index is 0.426. The SMILES string of the molecule is CC1CCNC2OC2C1. The van der Waals surface area contributed by atoms with Crippen molar-refractivity contribution in [1.29, 1.82) is 0 Å². The molecule has 0 bridgehead atoms. The van der Waals surface area contributed by atoms with Crippen LogP contribution in [0.15, 0.2) is 0 Å². The molecule has 0 aromatic rings. The Hall–Kier alpha value is -0.0800. The van der Waals surface area contributed by atoms with Gasteiger partial charge in [-0.1, -0.05) is 6.92 Å². The molecule has 2 heterocycles. The second kappa shape index (κ2) is 1.96. The van der Waals surface area contributed by atoms with Crippen molar-refractivity contribution in [1.82, 2.24) is 5.32 Å². The Morgan fingerprint density at radius 3 is 3.33 bits per heavy atom. The third kappa shape index (κ3) is 1.10. The molecule has 2 fully saturated rings. The highest BCUT2D eigenvalue weighted by Gasteiger charge is 2.40. The maximum Gasteiger partial charge on any atom is 0.135 e. The minimum Gasteiger partial charge on any atom is -0.353 e. The number of rotatable bonds is 0. The van der Waals surface area contributed by atoms with Gasteiger partial charge in [0.05, 0.1) is 6.10 Å². The van der Waals surface area contributed by atoms with Gasteiger partial charge in [0.25, 0.3) is 0 Å². The van der Waals surface area contributed by atoms with Crippen molar-refractivity contribution in [3.63, 3.8) is 0 Å². The zero-order valence-corrected chi connectivity index (χ0v) is 5.76. The van der Waals surface area contributed by atoms with Gasteiger partial charge in [-0.2, -0.15) is 0 Å². The molecule has 3 atom stereocenters. The summed E-state index contributed by atoms with van der Waals surface area (Å²) in [4.78, 5) is 0. The fourth-order valence-electron chi connectivity index (χ4n) is 1.49. The van der Waals surface area contributed by atoms with E-state index in [1.165, 1.54) is 12.8 Å². The first kappa shape index (κ1) is 5.69. The van der Waals surface area contributed by atoms with E-state index in [-0.39, 0.29) is 0 Å². The third-order valence-corrected chi connectivity index (χ3v) is 2.20. The number of nitrogens with one attached hydrogen (secondary N) is 1. The molecule has 0 aromatic heterocycles. The van der Waals surface area contributed by atoms with Gasteiger partial charge in [-0.25, -0.2) is 0 Å². The summed E-state index contributed by atoms with van der Waals surface area (Å²) in [6, 6.07) is 0. The fourth-order valence-corrected chi connectivity index (χ4v) is 1.49. The minimum absolute atomic E-state index is 0.426. The van der Waals surface area contributed by atoms with E-state index in [1.807, 2.05) is 0 Å². The molecule has 9 heavy (non-hydrogen) atoms. The number of hydrogen-bond acceptors (Lipinski definition) is 2. The molecule has 0 radical (unpaired) electrons. The molecule has 52 valence electrons. The smallest absolute Gasteiger partial charge is 0.135 e. The molecule has 2 aliphatic rings. The maximum absolute atomic E-state index is 5.32. The van der Waals surface area contributed by atoms with Crippen LogP contribution in [0.25, 0.3) is 0 Å². The average Bonchev–Trinajstić information content (AvgIpc) is 2.43. The molecule has 2 rings (SSSR count). The van der Waals surface area contributed by atoms with Crippen molar-refractivity contribution >= 4 is 0 Å². The van der Waals surface area contributed by atoms with E-state index in [0.717, 1.165) is 12.5 Å². The first-order valence-corrected chi connectivity index (χ1v) is 3.75. The average molecular weight is 127 g/mol. The van der Waals surface area contributed by atoms with Crippen LogP contribution in [0.5, 0.6) is 0 Å². The lowest BCUT2D eigenvalue weighted by molar-refractivity contribution is 0.299. The molecule has 0 amide bonds. The van der Waals surface area contributed by atoms with Gasteiger partial charge >= 0.3 is 0 Å². The summed E-state index contributed by atoms with van der Waals surface area (Å²) >= 11 is 0. The Bertz CT molecular complexity index is 115. The number of fused-ring (bicyclic) bond motifs is 1. The van der Waals surface area contributed by atoms with E-state index in [9.17, 15) is 0 Å². The summed E-state index contributed by atoms with van der Waals surface area (Å²) in [5.41, 5.74) is 0. The maximum atomic E-state index is 5.32. The van der Waals surface area contributed by atoms with Crippen molar-refractivity contribution < 1.29 is 4.74 Å². The molecule has 2 nitrogen and oxygen atoms in total. The summed E-state index contributed by atoms with van der Waals surface area (Å²) in [5, 5.41) is 3.33. The van der Waals surface area contributed by atoms with Crippen LogP contribution in [-0.4, -0.2) is 18.9 Å². The molecule has 3 unspecified atom stereocenters. The summed E-state index contributed by atoms with van der Waals surface area (Å²) < 4.78 is 5.32. The zero-order chi connectivity index (χ0) is 6.27. The fraction of sp³-hybridized carbons (Fsp3) is 1.00. The van der Waals surface area contributed by atoms with E-state index in [1.54, 1.807) is 0 Å². The van der Waals surface area contributed by atoms with E-state index >= 15 is 0 Å². The van der Waals surface area contributed by atoms with Crippen LogP contribution in [0.3, 0.4) is 0 Å². The standard InChI is InChI=1S/C7H13NO/c1-5-2-3-8-7-6(4-5)9-7/h5-8H,2-4H2,1H3. The molecular formula is C7H13NO. The first-order valence-electron chi connectivity index (χ1n) is 3.75. The highest BCUT2D eigenvalue weighted by molar-refractivity contribution is 4.86. The van der Waals surface area contributed by atoms with Gasteiger partial charge in [0, 0.05) is 0 Å². The molecular weight excluding hydrogens is 114 g/mol. The Kier molecular flexibility index (Phi) is 1.24. The highest BCUT2D eigenvalue weighted by atomic mass is 16.6. The molecule has 0 aromatic carbocycles. The molecule has 2 heteroatoms. The molecule has 2 saturated heterocycles. The highest BCUT2D eigenvalue weighted by Crippen LogP contribution is 2.29. The number of epoxide rings is 1. The Morgan fingerprint density at radius 1 is 1.56 bits per heavy atom. The van der Waals surface area contributed by atoms with Crippen LogP contribution in [0.2, 0.25) is 0 Å². The van der Waals surface area contributed by atoms with Crippen molar-refractivity contribution in [2.75, 3.05) is 6.54 Å². The van der Waals surface area contributed by atoms with Crippen molar-refractivity contribution in [2.45, 2.75) is 32.1 Å².